The van der Waals surface area contributed by atoms with E-state index in [2.05, 4.69) is 0 Å². The van der Waals surface area contributed by atoms with Gasteiger partial charge in [0.05, 0.1) is 9.21 Å². The number of carbonyl (C=O) groups is 1. The van der Waals surface area contributed by atoms with E-state index >= 15 is 0 Å². The van der Waals surface area contributed by atoms with Gasteiger partial charge in [-0.25, -0.2) is 0 Å². The Bertz CT molecular complexity index is 372. The summed E-state index contributed by atoms with van der Waals surface area (Å²) in [6, 6.07) is 3.57. The highest BCUT2D eigenvalue weighted by Crippen LogP contribution is 2.24. The number of amides is 1. The predicted molar refractivity (Wildman–Crippen MR) is 67.0 cm³/mol. The second kappa shape index (κ2) is 5.17. The molecule has 0 saturated carbocycles. The van der Waals surface area contributed by atoms with Crippen LogP contribution in [0.1, 0.15) is 22.5 Å². The summed E-state index contributed by atoms with van der Waals surface area (Å²) in [6.45, 7) is 2.36. The molecule has 0 aromatic carbocycles. The number of rotatable bonds is 2. The number of thiophene rings is 1. The standard InChI is InChI=1S/C11H15ClN2OS/c12-10-2-1-9(16-10)11(15)14-5-3-8(7-13)4-6-14/h1-2,8H,3-7,13H2. The third kappa shape index (κ3) is 2.56. The van der Waals surface area contributed by atoms with E-state index in [0.717, 1.165) is 37.4 Å². The monoisotopic (exact) mass is 258 g/mol. The summed E-state index contributed by atoms with van der Waals surface area (Å²) in [5.41, 5.74) is 5.62. The number of nitrogens with two attached hydrogens (primary N) is 1. The van der Waals surface area contributed by atoms with Gasteiger partial charge in [-0.3, -0.25) is 4.79 Å². The lowest BCUT2D eigenvalue weighted by molar-refractivity contribution is 0.0698. The summed E-state index contributed by atoms with van der Waals surface area (Å²) in [4.78, 5) is 14.7. The van der Waals surface area contributed by atoms with Crippen LogP contribution in [0.4, 0.5) is 0 Å². The van der Waals surface area contributed by atoms with Gasteiger partial charge < -0.3 is 10.6 Å². The molecule has 0 radical (unpaired) electrons. The summed E-state index contributed by atoms with van der Waals surface area (Å²) in [7, 11) is 0. The van der Waals surface area contributed by atoms with Crippen molar-refractivity contribution in [1.82, 2.24) is 4.90 Å². The molecule has 1 aliphatic rings. The van der Waals surface area contributed by atoms with Crippen molar-refractivity contribution < 1.29 is 4.79 Å². The number of likely N-dealkylation sites (tertiary alicyclic amines) is 1. The Kier molecular flexibility index (Phi) is 3.84. The maximum atomic E-state index is 12.1. The topological polar surface area (TPSA) is 46.3 Å². The van der Waals surface area contributed by atoms with Gasteiger partial charge in [0.1, 0.15) is 0 Å². The predicted octanol–water partition coefficient (Wildman–Crippen LogP) is 2.21. The quantitative estimate of drug-likeness (QED) is 0.884. The van der Waals surface area contributed by atoms with Crippen molar-refractivity contribution in [3.05, 3.63) is 21.3 Å². The van der Waals surface area contributed by atoms with E-state index in [-0.39, 0.29) is 5.91 Å². The first kappa shape index (κ1) is 11.9. The molecule has 0 bridgehead atoms. The lowest BCUT2D eigenvalue weighted by atomic mass is 9.97. The summed E-state index contributed by atoms with van der Waals surface area (Å²) >= 11 is 7.17. The first-order chi connectivity index (χ1) is 7.70. The van der Waals surface area contributed by atoms with Crippen LogP contribution in [0.25, 0.3) is 0 Å². The third-order valence-corrected chi connectivity index (χ3v) is 4.24. The number of halogens is 1. The molecular weight excluding hydrogens is 244 g/mol. The molecule has 1 aromatic heterocycles. The van der Waals surface area contributed by atoms with Gasteiger partial charge in [-0.1, -0.05) is 11.6 Å². The largest absolute Gasteiger partial charge is 0.338 e. The minimum atomic E-state index is 0.104. The maximum absolute atomic E-state index is 12.1. The Morgan fingerprint density at radius 3 is 2.69 bits per heavy atom. The fourth-order valence-corrected chi connectivity index (χ4v) is 2.97. The number of piperidine rings is 1. The Morgan fingerprint density at radius 2 is 2.19 bits per heavy atom. The van der Waals surface area contributed by atoms with E-state index in [9.17, 15) is 4.79 Å². The van der Waals surface area contributed by atoms with Gasteiger partial charge in [-0.15, -0.1) is 11.3 Å². The van der Waals surface area contributed by atoms with Gasteiger partial charge in [0.15, 0.2) is 0 Å². The number of hydrogen-bond donors (Lipinski definition) is 1. The van der Waals surface area contributed by atoms with Gasteiger partial charge >= 0.3 is 0 Å². The summed E-state index contributed by atoms with van der Waals surface area (Å²) < 4.78 is 0.667. The van der Waals surface area contributed by atoms with Crippen LogP contribution in [-0.2, 0) is 0 Å². The van der Waals surface area contributed by atoms with Crippen LogP contribution >= 0.6 is 22.9 Å². The van der Waals surface area contributed by atoms with Crippen LogP contribution < -0.4 is 5.73 Å². The first-order valence-corrected chi connectivity index (χ1v) is 6.65. The van der Waals surface area contributed by atoms with Crippen LogP contribution in [0.2, 0.25) is 4.34 Å². The molecule has 2 heterocycles. The molecule has 3 nitrogen and oxygen atoms in total. The molecule has 1 fully saturated rings. The Balaban J connectivity index is 1.96. The highest BCUT2D eigenvalue weighted by Gasteiger charge is 2.23. The molecule has 88 valence electrons. The summed E-state index contributed by atoms with van der Waals surface area (Å²) in [5, 5.41) is 0. The number of carbonyl (C=O) groups excluding carboxylic acids is 1. The second-order valence-corrected chi connectivity index (χ2v) is 5.79. The Hall–Kier alpha value is -0.580. The van der Waals surface area contributed by atoms with E-state index in [1.54, 1.807) is 12.1 Å². The molecule has 1 amide bonds. The first-order valence-electron chi connectivity index (χ1n) is 5.45. The zero-order valence-electron chi connectivity index (χ0n) is 8.99. The smallest absolute Gasteiger partial charge is 0.263 e. The van der Waals surface area contributed by atoms with Gasteiger partial charge in [0.25, 0.3) is 5.91 Å². The van der Waals surface area contributed by atoms with Crippen molar-refractivity contribution in [2.75, 3.05) is 19.6 Å². The van der Waals surface area contributed by atoms with Crippen molar-refractivity contribution in [3.63, 3.8) is 0 Å². The van der Waals surface area contributed by atoms with E-state index in [1.807, 2.05) is 4.90 Å². The molecule has 1 saturated heterocycles. The van der Waals surface area contributed by atoms with E-state index < -0.39 is 0 Å². The van der Waals surface area contributed by atoms with Gasteiger partial charge in [-0.2, -0.15) is 0 Å². The molecule has 2 N–H and O–H groups in total. The van der Waals surface area contributed by atoms with Crippen LogP contribution in [0, 0.1) is 5.92 Å². The lowest BCUT2D eigenvalue weighted by Gasteiger charge is -2.31. The van der Waals surface area contributed by atoms with Gasteiger partial charge in [0, 0.05) is 13.1 Å². The molecule has 2 rings (SSSR count). The lowest BCUT2D eigenvalue weighted by Crippen LogP contribution is -2.39. The molecular formula is C11H15ClN2OS. The van der Waals surface area contributed by atoms with E-state index in [0.29, 0.717) is 10.3 Å². The minimum Gasteiger partial charge on any atom is -0.338 e. The van der Waals surface area contributed by atoms with E-state index in [1.165, 1.54) is 11.3 Å². The van der Waals surface area contributed by atoms with Gasteiger partial charge in [-0.05, 0) is 37.4 Å². The highest BCUT2D eigenvalue weighted by atomic mass is 35.5. The fourth-order valence-electron chi connectivity index (χ4n) is 1.96. The highest BCUT2D eigenvalue weighted by molar-refractivity contribution is 7.17. The summed E-state index contributed by atoms with van der Waals surface area (Å²) in [6.07, 6.45) is 2.03. The molecule has 0 aliphatic carbocycles. The molecule has 0 unspecified atom stereocenters. The van der Waals surface area contributed by atoms with Crippen molar-refractivity contribution in [1.29, 1.82) is 0 Å². The average molecular weight is 259 g/mol. The number of hydrogen-bond acceptors (Lipinski definition) is 3. The van der Waals surface area contributed by atoms with Crippen LogP contribution in [0.5, 0.6) is 0 Å². The van der Waals surface area contributed by atoms with Crippen molar-refractivity contribution >= 4 is 28.8 Å². The number of nitrogens with zero attached hydrogens (tertiary/aromatic N) is 1. The second-order valence-electron chi connectivity index (χ2n) is 4.08. The molecule has 16 heavy (non-hydrogen) atoms. The molecule has 0 atom stereocenters. The zero-order valence-corrected chi connectivity index (χ0v) is 10.6. The molecule has 5 heteroatoms. The average Bonchev–Trinajstić information content (AvgIpc) is 2.75. The van der Waals surface area contributed by atoms with Gasteiger partial charge in [0.2, 0.25) is 0 Å². The third-order valence-electron chi connectivity index (χ3n) is 3.02. The zero-order chi connectivity index (χ0) is 11.5. The van der Waals surface area contributed by atoms with Crippen LogP contribution in [-0.4, -0.2) is 30.4 Å². The van der Waals surface area contributed by atoms with Crippen molar-refractivity contribution in [2.45, 2.75) is 12.8 Å². The Labute approximate surface area is 104 Å². The fraction of sp³-hybridized carbons (Fsp3) is 0.545. The van der Waals surface area contributed by atoms with Crippen LogP contribution in [0.3, 0.4) is 0 Å². The summed E-state index contributed by atoms with van der Waals surface area (Å²) in [5.74, 6) is 0.684. The SMILES string of the molecule is NCC1CCN(C(=O)c2ccc(Cl)s2)CC1. The Morgan fingerprint density at radius 1 is 1.50 bits per heavy atom. The van der Waals surface area contributed by atoms with Crippen LogP contribution in [0.15, 0.2) is 12.1 Å². The van der Waals surface area contributed by atoms with E-state index in [4.69, 9.17) is 17.3 Å². The van der Waals surface area contributed by atoms with Crippen molar-refractivity contribution in [3.8, 4) is 0 Å². The molecule has 1 aliphatic heterocycles. The van der Waals surface area contributed by atoms with Crippen molar-refractivity contribution in [2.24, 2.45) is 11.7 Å². The molecule has 1 aromatic rings. The normalized spacial score (nSPS) is 17.8. The molecule has 0 spiro atoms. The minimum absolute atomic E-state index is 0.104. The maximum Gasteiger partial charge on any atom is 0.263 e.